The Balaban J connectivity index is 2.17. The van der Waals surface area contributed by atoms with Gasteiger partial charge in [0.25, 0.3) is 0 Å². The number of benzene rings is 1. The van der Waals surface area contributed by atoms with Crippen molar-refractivity contribution >= 4 is 22.6 Å². The molecule has 0 spiro atoms. The summed E-state index contributed by atoms with van der Waals surface area (Å²) in [5.74, 6) is 0. The van der Waals surface area contributed by atoms with E-state index in [1.165, 1.54) is 5.56 Å². The maximum absolute atomic E-state index is 10.6. The lowest BCUT2D eigenvalue weighted by atomic mass is 9.92. The van der Waals surface area contributed by atoms with Gasteiger partial charge in [-0.2, -0.15) is 0 Å². The molecular formula is C13H16INO3. The molecule has 2 rings (SSSR count). The second kappa shape index (κ2) is 5.52. The minimum atomic E-state index is -0.338. The van der Waals surface area contributed by atoms with E-state index in [9.17, 15) is 10.1 Å². The predicted octanol–water partition coefficient (Wildman–Crippen LogP) is 3.08. The average Bonchev–Trinajstić information content (AvgIpc) is 2.74. The Morgan fingerprint density at radius 2 is 2.17 bits per heavy atom. The van der Waals surface area contributed by atoms with E-state index in [0.717, 1.165) is 22.8 Å². The molecule has 1 heterocycles. The van der Waals surface area contributed by atoms with Crippen molar-refractivity contribution in [3.05, 3.63) is 45.5 Å². The highest BCUT2D eigenvalue weighted by molar-refractivity contribution is 14.1. The molecular weight excluding hydrogens is 345 g/mol. The first kappa shape index (κ1) is 13.7. The van der Waals surface area contributed by atoms with Crippen molar-refractivity contribution in [3.8, 4) is 0 Å². The van der Waals surface area contributed by atoms with Crippen LogP contribution in [0.25, 0.3) is 0 Å². The van der Waals surface area contributed by atoms with Crippen LogP contribution >= 0.6 is 22.6 Å². The lowest BCUT2D eigenvalue weighted by Gasteiger charge is -2.27. The number of halogens is 1. The number of aryl methyl sites for hydroxylation is 1. The standard InChI is InChI=1S/C13H16INO3/c1-10-2-4-11(5-3-10)13(9-14)7-6-12(18-13)8-15(16)17/h2-5,12H,6-9H2,1H3. The molecule has 2 atom stereocenters. The molecule has 1 aromatic carbocycles. The van der Waals surface area contributed by atoms with E-state index in [4.69, 9.17) is 4.74 Å². The fraction of sp³-hybridized carbons (Fsp3) is 0.538. The van der Waals surface area contributed by atoms with Crippen LogP contribution in [-0.4, -0.2) is 22.0 Å². The van der Waals surface area contributed by atoms with Gasteiger partial charge in [-0.25, -0.2) is 0 Å². The topological polar surface area (TPSA) is 52.4 Å². The Labute approximate surface area is 120 Å². The molecule has 0 aromatic heterocycles. The van der Waals surface area contributed by atoms with Gasteiger partial charge in [0, 0.05) is 9.35 Å². The highest BCUT2D eigenvalue weighted by atomic mass is 127. The summed E-state index contributed by atoms with van der Waals surface area (Å²) in [6, 6.07) is 8.27. The summed E-state index contributed by atoms with van der Waals surface area (Å²) in [5, 5.41) is 10.6. The Bertz CT molecular complexity index is 434. The number of nitro groups is 1. The van der Waals surface area contributed by atoms with Crippen LogP contribution in [0.1, 0.15) is 24.0 Å². The fourth-order valence-electron chi connectivity index (χ4n) is 2.37. The monoisotopic (exact) mass is 361 g/mol. The number of rotatable bonds is 4. The zero-order chi connectivity index (χ0) is 13.2. The summed E-state index contributed by atoms with van der Waals surface area (Å²) in [5.41, 5.74) is 2.00. The lowest BCUT2D eigenvalue weighted by Crippen LogP contribution is -2.30. The van der Waals surface area contributed by atoms with Crippen molar-refractivity contribution in [2.24, 2.45) is 0 Å². The number of ether oxygens (including phenoxy) is 1. The van der Waals surface area contributed by atoms with Crippen molar-refractivity contribution in [2.75, 3.05) is 11.0 Å². The van der Waals surface area contributed by atoms with E-state index in [2.05, 4.69) is 46.9 Å². The fourth-order valence-corrected chi connectivity index (χ4v) is 3.37. The number of nitrogens with zero attached hydrogens (tertiary/aromatic N) is 1. The quantitative estimate of drug-likeness (QED) is 0.359. The molecule has 98 valence electrons. The van der Waals surface area contributed by atoms with Crippen LogP contribution in [0, 0.1) is 17.0 Å². The van der Waals surface area contributed by atoms with Gasteiger partial charge in [-0.3, -0.25) is 10.1 Å². The molecule has 0 radical (unpaired) electrons. The normalized spacial score (nSPS) is 27.3. The van der Waals surface area contributed by atoms with Crippen LogP contribution < -0.4 is 0 Å². The Morgan fingerprint density at radius 1 is 1.50 bits per heavy atom. The molecule has 1 aliphatic heterocycles. The van der Waals surface area contributed by atoms with Gasteiger partial charge in [-0.1, -0.05) is 52.4 Å². The molecule has 5 heteroatoms. The maximum Gasteiger partial charge on any atom is 0.229 e. The zero-order valence-corrected chi connectivity index (χ0v) is 12.4. The summed E-state index contributed by atoms with van der Waals surface area (Å²) >= 11 is 2.30. The number of alkyl halides is 1. The smallest absolute Gasteiger partial charge is 0.229 e. The third-order valence-corrected chi connectivity index (χ3v) is 4.64. The van der Waals surface area contributed by atoms with E-state index in [-0.39, 0.29) is 23.2 Å². The highest BCUT2D eigenvalue weighted by Crippen LogP contribution is 2.41. The van der Waals surface area contributed by atoms with Crippen molar-refractivity contribution in [1.29, 1.82) is 0 Å². The molecule has 1 fully saturated rings. The first-order chi connectivity index (χ1) is 8.55. The average molecular weight is 361 g/mol. The molecule has 18 heavy (non-hydrogen) atoms. The number of hydrogen-bond donors (Lipinski definition) is 0. The summed E-state index contributed by atoms with van der Waals surface area (Å²) in [7, 11) is 0. The predicted molar refractivity (Wildman–Crippen MR) is 77.7 cm³/mol. The van der Waals surface area contributed by atoms with Crippen molar-refractivity contribution in [3.63, 3.8) is 0 Å². The molecule has 0 amide bonds. The van der Waals surface area contributed by atoms with Gasteiger partial charge < -0.3 is 4.74 Å². The van der Waals surface area contributed by atoms with Gasteiger partial charge in [0.05, 0.1) is 0 Å². The first-order valence-corrected chi connectivity index (χ1v) is 7.51. The van der Waals surface area contributed by atoms with Crippen LogP contribution in [0.4, 0.5) is 0 Å². The van der Waals surface area contributed by atoms with Crippen molar-refractivity contribution in [1.82, 2.24) is 0 Å². The summed E-state index contributed by atoms with van der Waals surface area (Å²) in [4.78, 5) is 10.3. The SMILES string of the molecule is Cc1ccc(C2(CI)CCC(C[N+](=O)[O-])O2)cc1. The van der Waals surface area contributed by atoms with Gasteiger partial charge in [0.1, 0.15) is 11.7 Å². The molecule has 4 nitrogen and oxygen atoms in total. The van der Waals surface area contributed by atoms with Gasteiger partial charge >= 0.3 is 0 Å². The molecule has 0 aliphatic carbocycles. The van der Waals surface area contributed by atoms with E-state index < -0.39 is 0 Å². The van der Waals surface area contributed by atoms with Crippen LogP contribution in [0.3, 0.4) is 0 Å². The maximum atomic E-state index is 10.6. The third-order valence-electron chi connectivity index (χ3n) is 3.41. The largest absolute Gasteiger partial charge is 0.359 e. The van der Waals surface area contributed by atoms with Crippen LogP contribution in [-0.2, 0) is 10.3 Å². The Morgan fingerprint density at radius 3 is 2.72 bits per heavy atom. The minimum Gasteiger partial charge on any atom is -0.359 e. The second-order valence-electron chi connectivity index (χ2n) is 4.79. The van der Waals surface area contributed by atoms with Crippen molar-refractivity contribution in [2.45, 2.75) is 31.5 Å². The lowest BCUT2D eigenvalue weighted by molar-refractivity contribution is -0.491. The molecule has 1 aromatic rings. The Hall–Kier alpha value is -0.690. The number of hydrogen-bond acceptors (Lipinski definition) is 3. The van der Waals surface area contributed by atoms with Gasteiger partial charge in [-0.05, 0) is 25.3 Å². The van der Waals surface area contributed by atoms with Crippen molar-refractivity contribution < 1.29 is 9.66 Å². The van der Waals surface area contributed by atoms with Crippen LogP contribution in [0.2, 0.25) is 0 Å². The highest BCUT2D eigenvalue weighted by Gasteiger charge is 2.42. The summed E-state index contributed by atoms with van der Waals surface area (Å²) in [6.45, 7) is 1.95. The molecule has 0 saturated carbocycles. The van der Waals surface area contributed by atoms with Crippen LogP contribution in [0.15, 0.2) is 24.3 Å². The summed E-state index contributed by atoms with van der Waals surface area (Å²) < 4.78 is 6.81. The van der Waals surface area contributed by atoms with E-state index in [1.54, 1.807) is 0 Å². The van der Waals surface area contributed by atoms with Gasteiger partial charge in [0.2, 0.25) is 6.54 Å². The van der Waals surface area contributed by atoms with E-state index in [0.29, 0.717) is 0 Å². The van der Waals surface area contributed by atoms with E-state index >= 15 is 0 Å². The minimum absolute atomic E-state index is 0.0930. The zero-order valence-electron chi connectivity index (χ0n) is 10.3. The first-order valence-electron chi connectivity index (χ1n) is 5.98. The second-order valence-corrected chi connectivity index (χ2v) is 5.55. The van der Waals surface area contributed by atoms with E-state index in [1.807, 2.05) is 6.92 Å². The molecule has 2 unspecified atom stereocenters. The molecule has 0 bridgehead atoms. The molecule has 1 aliphatic rings. The molecule has 1 saturated heterocycles. The van der Waals surface area contributed by atoms with Gasteiger partial charge in [0.15, 0.2) is 0 Å². The Kier molecular flexibility index (Phi) is 4.21. The summed E-state index contributed by atoms with van der Waals surface area (Å²) in [6.07, 6.45) is 1.37. The molecule has 0 N–H and O–H groups in total. The third kappa shape index (κ3) is 2.83. The van der Waals surface area contributed by atoms with Gasteiger partial charge in [-0.15, -0.1) is 0 Å². The van der Waals surface area contributed by atoms with Crippen LogP contribution in [0.5, 0.6) is 0 Å².